The number of Topliss-reactive ketones (excluding diaryl/α,β-unsaturated/α-hetero) is 1. The smallest absolute Gasteiger partial charge is 0.295 e. The molecule has 1 atom stereocenters. The first kappa shape index (κ1) is 24.6. The second-order valence-electron chi connectivity index (χ2n) is 8.37. The molecule has 9 heteroatoms. The molecule has 4 rings (SSSR count). The molecule has 1 N–H and O–H groups in total. The van der Waals surface area contributed by atoms with Gasteiger partial charge in [-0.05, 0) is 35.7 Å². The van der Waals surface area contributed by atoms with Crippen LogP contribution in [0, 0.1) is 10.1 Å². The Morgan fingerprint density at radius 3 is 2.67 bits per heavy atom. The zero-order chi connectivity index (χ0) is 25.7. The second-order valence-corrected chi connectivity index (χ2v) is 8.37. The summed E-state index contributed by atoms with van der Waals surface area (Å²) in [7, 11) is 0. The number of hydrogen-bond donors (Lipinski definition) is 1. The summed E-state index contributed by atoms with van der Waals surface area (Å²) in [6.45, 7) is 2.58. The van der Waals surface area contributed by atoms with Crippen LogP contribution in [-0.4, -0.2) is 38.2 Å². The van der Waals surface area contributed by atoms with Crippen LogP contribution in [0.4, 0.5) is 5.69 Å². The fourth-order valence-electron chi connectivity index (χ4n) is 4.11. The first-order valence-electron chi connectivity index (χ1n) is 11.6. The lowest BCUT2D eigenvalue weighted by Gasteiger charge is -2.25. The van der Waals surface area contributed by atoms with Crippen LogP contribution in [0.5, 0.6) is 5.75 Å². The third-order valence-corrected chi connectivity index (χ3v) is 5.89. The molecule has 0 saturated carbocycles. The monoisotopic (exact) mass is 487 g/mol. The van der Waals surface area contributed by atoms with Gasteiger partial charge in [-0.3, -0.25) is 24.7 Å². The van der Waals surface area contributed by atoms with Crippen molar-refractivity contribution in [1.82, 2.24) is 9.88 Å². The average molecular weight is 488 g/mol. The Hall–Kier alpha value is -4.53. The third-order valence-electron chi connectivity index (χ3n) is 5.89. The highest BCUT2D eigenvalue weighted by Crippen LogP contribution is 2.41. The quantitative estimate of drug-likeness (QED) is 0.115. The molecule has 0 radical (unpaired) electrons. The van der Waals surface area contributed by atoms with Gasteiger partial charge in [0, 0.05) is 36.6 Å². The van der Waals surface area contributed by atoms with Crippen molar-refractivity contribution in [2.75, 3.05) is 6.61 Å². The van der Waals surface area contributed by atoms with Gasteiger partial charge in [0.05, 0.1) is 23.1 Å². The number of carbonyl (C=O) groups is 2. The highest BCUT2D eigenvalue weighted by Gasteiger charge is 2.46. The number of aromatic nitrogens is 1. The maximum Gasteiger partial charge on any atom is 0.295 e. The van der Waals surface area contributed by atoms with Crippen LogP contribution in [0.1, 0.15) is 42.5 Å². The van der Waals surface area contributed by atoms with Crippen molar-refractivity contribution in [2.24, 2.45) is 0 Å². The van der Waals surface area contributed by atoms with Crippen molar-refractivity contribution in [2.45, 2.75) is 32.4 Å². The van der Waals surface area contributed by atoms with Crippen molar-refractivity contribution in [3.8, 4) is 5.75 Å². The second kappa shape index (κ2) is 10.8. The molecule has 1 fully saturated rings. The summed E-state index contributed by atoms with van der Waals surface area (Å²) in [5.74, 6) is -1.54. The van der Waals surface area contributed by atoms with Gasteiger partial charge in [0.15, 0.2) is 0 Å². The number of rotatable bonds is 9. The molecule has 0 bridgehead atoms. The summed E-state index contributed by atoms with van der Waals surface area (Å²) >= 11 is 0. The predicted molar refractivity (Wildman–Crippen MR) is 132 cm³/mol. The molecule has 2 heterocycles. The normalized spacial score (nSPS) is 16.8. The van der Waals surface area contributed by atoms with E-state index in [0.717, 1.165) is 12.8 Å². The van der Waals surface area contributed by atoms with Crippen LogP contribution in [0.25, 0.3) is 5.76 Å². The van der Waals surface area contributed by atoms with Crippen molar-refractivity contribution in [3.05, 3.63) is 105 Å². The van der Waals surface area contributed by atoms with E-state index >= 15 is 0 Å². The highest BCUT2D eigenvalue weighted by molar-refractivity contribution is 6.46. The Balaban J connectivity index is 1.82. The average Bonchev–Trinajstić information content (AvgIpc) is 3.14. The molecule has 184 valence electrons. The number of ketones is 1. The van der Waals surface area contributed by atoms with Crippen LogP contribution in [0.3, 0.4) is 0 Å². The van der Waals surface area contributed by atoms with Gasteiger partial charge in [-0.15, -0.1) is 0 Å². The fraction of sp³-hybridized carbons (Fsp3) is 0.222. The number of amides is 1. The number of nitro groups is 1. The van der Waals surface area contributed by atoms with Crippen molar-refractivity contribution >= 4 is 23.1 Å². The number of aliphatic hydroxyl groups excluding tert-OH is 1. The third kappa shape index (κ3) is 5.10. The molecule has 0 spiro atoms. The van der Waals surface area contributed by atoms with E-state index in [-0.39, 0.29) is 23.6 Å². The Bertz CT molecular complexity index is 1320. The molecule has 1 aliphatic rings. The van der Waals surface area contributed by atoms with Gasteiger partial charge in [0.1, 0.15) is 11.5 Å². The number of nitrogens with zero attached hydrogens (tertiary/aromatic N) is 3. The van der Waals surface area contributed by atoms with Gasteiger partial charge < -0.3 is 14.7 Å². The standard InChI is InChI=1S/C27H25N3O6/c1-2-3-13-36-22-11-5-9-20(15-22)25(31)23-24(19-8-4-10-21(14-19)30(34)35)29(27(33)26(23)32)17-18-7-6-12-28-16-18/h4-12,14-16,24,31H,2-3,13,17H2,1H3. The largest absolute Gasteiger partial charge is 0.507 e. The lowest BCUT2D eigenvalue weighted by Crippen LogP contribution is -2.29. The minimum atomic E-state index is -1.03. The Morgan fingerprint density at radius 2 is 1.94 bits per heavy atom. The van der Waals surface area contributed by atoms with E-state index in [1.165, 1.54) is 23.1 Å². The van der Waals surface area contributed by atoms with Crippen molar-refractivity contribution < 1.29 is 24.4 Å². The first-order chi connectivity index (χ1) is 17.4. The molecule has 3 aromatic rings. The van der Waals surface area contributed by atoms with Gasteiger partial charge in [-0.2, -0.15) is 0 Å². The molecule has 1 aliphatic heterocycles. The van der Waals surface area contributed by atoms with Crippen LogP contribution in [0.15, 0.2) is 78.6 Å². The molecular weight excluding hydrogens is 462 g/mol. The summed E-state index contributed by atoms with van der Waals surface area (Å²) in [4.78, 5) is 42.6. The first-order valence-corrected chi connectivity index (χ1v) is 11.6. The predicted octanol–water partition coefficient (Wildman–Crippen LogP) is 4.79. The van der Waals surface area contributed by atoms with Gasteiger partial charge in [0.25, 0.3) is 17.4 Å². The van der Waals surface area contributed by atoms with Crippen molar-refractivity contribution in [3.63, 3.8) is 0 Å². The highest BCUT2D eigenvalue weighted by atomic mass is 16.6. The Labute approximate surface area is 207 Å². The number of hydrogen-bond acceptors (Lipinski definition) is 7. The fourth-order valence-corrected chi connectivity index (χ4v) is 4.11. The number of pyridine rings is 1. The molecule has 1 aromatic heterocycles. The van der Waals surface area contributed by atoms with E-state index in [4.69, 9.17) is 4.74 Å². The summed E-state index contributed by atoms with van der Waals surface area (Å²) in [6, 6.07) is 14.8. The molecule has 36 heavy (non-hydrogen) atoms. The molecule has 1 unspecified atom stereocenters. The lowest BCUT2D eigenvalue weighted by atomic mass is 9.94. The van der Waals surface area contributed by atoms with Crippen LogP contribution < -0.4 is 4.74 Å². The van der Waals surface area contributed by atoms with E-state index in [9.17, 15) is 24.8 Å². The van der Waals surface area contributed by atoms with E-state index in [1.54, 1.807) is 54.9 Å². The minimum absolute atomic E-state index is 0.0305. The number of aliphatic hydroxyl groups is 1. The Morgan fingerprint density at radius 1 is 1.14 bits per heavy atom. The number of benzene rings is 2. The number of non-ortho nitro benzene ring substituents is 1. The zero-order valence-electron chi connectivity index (χ0n) is 19.7. The molecule has 1 saturated heterocycles. The summed E-state index contributed by atoms with van der Waals surface area (Å²) < 4.78 is 5.72. The zero-order valence-corrected chi connectivity index (χ0v) is 19.7. The molecule has 0 aliphatic carbocycles. The van der Waals surface area contributed by atoms with E-state index in [2.05, 4.69) is 4.98 Å². The van der Waals surface area contributed by atoms with Crippen LogP contribution >= 0.6 is 0 Å². The van der Waals surface area contributed by atoms with E-state index in [0.29, 0.717) is 29.0 Å². The Kier molecular flexibility index (Phi) is 7.39. The van der Waals surface area contributed by atoms with Crippen LogP contribution in [0.2, 0.25) is 0 Å². The lowest BCUT2D eigenvalue weighted by molar-refractivity contribution is -0.384. The molecule has 2 aromatic carbocycles. The number of likely N-dealkylation sites (tertiary alicyclic amines) is 1. The number of unbranched alkanes of at least 4 members (excludes halogenated alkanes) is 1. The summed E-state index contributed by atoms with van der Waals surface area (Å²) in [5.41, 5.74) is 0.977. The number of nitro benzene ring substituents is 1. The van der Waals surface area contributed by atoms with Gasteiger partial charge >= 0.3 is 0 Å². The van der Waals surface area contributed by atoms with Gasteiger partial charge in [0.2, 0.25) is 0 Å². The summed E-state index contributed by atoms with van der Waals surface area (Å²) in [6.07, 6.45) is 4.98. The maximum atomic E-state index is 13.2. The number of carbonyl (C=O) groups excluding carboxylic acids is 2. The molecular formula is C27H25N3O6. The molecule has 1 amide bonds. The minimum Gasteiger partial charge on any atom is -0.507 e. The topological polar surface area (TPSA) is 123 Å². The van der Waals surface area contributed by atoms with Crippen LogP contribution in [-0.2, 0) is 16.1 Å². The van der Waals surface area contributed by atoms with Gasteiger partial charge in [-0.1, -0.05) is 43.7 Å². The van der Waals surface area contributed by atoms with Gasteiger partial charge in [-0.25, -0.2) is 0 Å². The van der Waals surface area contributed by atoms with E-state index < -0.39 is 22.7 Å². The summed E-state index contributed by atoms with van der Waals surface area (Å²) in [5, 5.41) is 22.7. The van der Waals surface area contributed by atoms with E-state index in [1.807, 2.05) is 6.92 Å². The number of ether oxygens (including phenoxy) is 1. The molecule has 9 nitrogen and oxygen atoms in total. The maximum absolute atomic E-state index is 13.2. The SMILES string of the molecule is CCCCOc1cccc(C(O)=C2C(=O)C(=O)N(Cc3cccnc3)C2c2cccc([N+](=O)[O-])c2)c1. The van der Waals surface area contributed by atoms with Crippen molar-refractivity contribution in [1.29, 1.82) is 0 Å².